The molecule has 0 aromatic carbocycles. The van der Waals surface area contributed by atoms with E-state index in [1.54, 1.807) is 0 Å². The Morgan fingerprint density at radius 3 is 1.75 bits per heavy atom. The molecular formula is CH5NOSi. The Morgan fingerprint density at radius 1 is 1.75 bits per heavy atom. The van der Waals surface area contributed by atoms with Gasteiger partial charge in [0.15, 0.2) is 0 Å². The van der Waals surface area contributed by atoms with E-state index in [1.165, 1.54) is 0 Å². The fraction of sp³-hybridized carbons (Fsp3) is 0. The molecule has 0 aliphatic heterocycles. The topological polar surface area (TPSA) is 44.0 Å². The van der Waals surface area contributed by atoms with Crippen LogP contribution in [-0.2, 0) is 0 Å². The van der Waals surface area contributed by atoms with E-state index < -0.39 is 0 Å². The Kier molecular flexibility index (Phi) is 53.8. The van der Waals surface area contributed by atoms with Crippen LogP contribution in [0.4, 0.5) is 0 Å². The summed E-state index contributed by atoms with van der Waals surface area (Å²) in [6, 6.07) is 0. The molecule has 0 atom stereocenters. The highest BCUT2D eigenvalue weighted by Crippen LogP contribution is 1.06. The molecule has 0 saturated heterocycles. The molecule has 0 aromatic heterocycles. The molecule has 0 aliphatic rings. The van der Waals surface area contributed by atoms with Crippen LogP contribution in [0.3, 0.4) is 0 Å². The van der Waals surface area contributed by atoms with Crippen LogP contribution in [0.15, 0.2) is 0 Å². The molecule has 0 radical (unpaired) electrons. The van der Waals surface area contributed by atoms with Crippen molar-refractivity contribution in [2.75, 3.05) is 0 Å². The second-order valence-electron chi connectivity index (χ2n) is 0.100. The lowest BCUT2D eigenvalue weighted by atomic mass is 11.6. The van der Waals surface area contributed by atoms with E-state index in [-0.39, 0.29) is 11.0 Å². The fourth-order valence-corrected chi connectivity index (χ4v) is 0. The minimum absolute atomic E-state index is 0. The smallest absolute Gasteiger partial charge is 0.283 e. The Bertz CT molecular complexity index is 29.5. The van der Waals surface area contributed by atoms with Gasteiger partial charge in [-0.2, -0.15) is 5.26 Å². The summed E-state index contributed by atoms with van der Waals surface area (Å²) < 4.78 is 0. The minimum atomic E-state index is 0. The van der Waals surface area contributed by atoms with E-state index in [1.807, 2.05) is 0 Å². The molecule has 4 heavy (non-hydrogen) atoms. The standard InChI is InChI=1S/CHNO.H4Si/c2-1-3;/h3H;1H4. The Labute approximate surface area is 28.7 Å². The van der Waals surface area contributed by atoms with Crippen molar-refractivity contribution in [1.82, 2.24) is 0 Å². The normalized spacial score (nSPS) is 1.75. The zero-order chi connectivity index (χ0) is 2.71. The molecular weight excluding hydrogens is 70.1 g/mol. The first kappa shape index (κ1) is 9.71. The summed E-state index contributed by atoms with van der Waals surface area (Å²) >= 11 is 0. The van der Waals surface area contributed by atoms with Crippen LogP contribution in [-0.4, -0.2) is 16.1 Å². The lowest BCUT2D eigenvalue weighted by Crippen LogP contribution is -1.27. The third-order valence-corrected chi connectivity index (χ3v) is 0. The minimum Gasteiger partial charge on any atom is -0.443 e. The van der Waals surface area contributed by atoms with Crippen LogP contribution in [0, 0.1) is 11.5 Å². The molecule has 2 nitrogen and oxygen atoms in total. The first-order valence-corrected chi connectivity index (χ1v) is 0.447. The molecule has 0 aliphatic carbocycles. The van der Waals surface area contributed by atoms with Gasteiger partial charge in [0.25, 0.3) is 6.26 Å². The maximum Gasteiger partial charge on any atom is 0.283 e. The van der Waals surface area contributed by atoms with Gasteiger partial charge in [-0.3, -0.25) is 0 Å². The third kappa shape index (κ3) is 1.59. The highest BCUT2D eigenvalue weighted by atomic mass is 28.1. The van der Waals surface area contributed by atoms with Crippen molar-refractivity contribution in [3.8, 4) is 6.26 Å². The van der Waals surface area contributed by atoms with Gasteiger partial charge >= 0.3 is 0 Å². The summed E-state index contributed by atoms with van der Waals surface area (Å²) in [5, 5.41) is 13.8. The quantitative estimate of drug-likeness (QED) is 0.278. The van der Waals surface area contributed by atoms with E-state index in [0.717, 1.165) is 6.26 Å². The van der Waals surface area contributed by atoms with Crippen molar-refractivity contribution in [1.29, 1.82) is 5.26 Å². The molecule has 0 fully saturated rings. The predicted molar refractivity (Wildman–Crippen MR) is 18.9 cm³/mol. The number of hydrogen-bond acceptors (Lipinski definition) is 2. The molecule has 0 bridgehead atoms. The van der Waals surface area contributed by atoms with Crippen molar-refractivity contribution in [2.24, 2.45) is 0 Å². The predicted octanol–water partition coefficient (Wildman–Crippen LogP) is -1.61. The molecule has 0 rings (SSSR count). The van der Waals surface area contributed by atoms with Gasteiger partial charge in [-0.15, -0.1) is 0 Å². The Hall–Kier alpha value is -0.493. The third-order valence-electron chi connectivity index (χ3n) is 0. The lowest BCUT2D eigenvalue weighted by Gasteiger charge is -1.25. The number of nitrogens with zero attached hydrogens (tertiary/aromatic N) is 1. The molecule has 24 valence electrons. The van der Waals surface area contributed by atoms with Gasteiger partial charge in [-0.25, -0.2) is 0 Å². The first-order chi connectivity index (χ1) is 1.41. The number of aliphatic hydroxyl groups excluding tert-OH is 1. The van der Waals surface area contributed by atoms with Gasteiger partial charge in [0, 0.05) is 0 Å². The second kappa shape index (κ2) is 22.2. The van der Waals surface area contributed by atoms with Gasteiger partial charge in [0.05, 0.1) is 0 Å². The molecule has 0 aromatic rings. The molecule has 0 spiro atoms. The number of nitriles is 1. The fourth-order valence-electron chi connectivity index (χ4n) is 0. The maximum absolute atomic E-state index is 6.88. The second-order valence-corrected chi connectivity index (χ2v) is 0.100. The lowest BCUT2D eigenvalue weighted by molar-refractivity contribution is 0.503. The van der Waals surface area contributed by atoms with Crippen molar-refractivity contribution in [2.45, 2.75) is 0 Å². The van der Waals surface area contributed by atoms with Crippen LogP contribution in [0.1, 0.15) is 0 Å². The molecule has 0 amide bonds. The molecule has 0 heterocycles. The SMILES string of the molecule is N#CO.[SiH4]. The van der Waals surface area contributed by atoms with E-state index in [0.29, 0.717) is 0 Å². The summed E-state index contributed by atoms with van der Waals surface area (Å²) in [5.41, 5.74) is 0. The van der Waals surface area contributed by atoms with Gasteiger partial charge < -0.3 is 5.11 Å². The molecule has 3 heteroatoms. The zero-order valence-corrected chi connectivity index (χ0v) is 1.39. The number of rotatable bonds is 0. The van der Waals surface area contributed by atoms with E-state index in [4.69, 9.17) is 10.4 Å². The van der Waals surface area contributed by atoms with E-state index in [2.05, 4.69) is 0 Å². The van der Waals surface area contributed by atoms with Crippen LogP contribution in [0.5, 0.6) is 0 Å². The highest BCUT2D eigenvalue weighted by molar-refractivity contribution is 5.75. The van der Waals surface area contributed by atoms with Crippen molar-refractivity contribution in [3.05, 3.63) is 0 Å². The molecule has 0 saturated carbocycles. The van der Waals surface area contributed by atoms with Gasteiger partial charge in [-0.05, 0) is 11.0 Å². The first-order valence-electron chi connectivity index (χ1n) is 0.447. The van der Waals surface area contributed by atoms with Crippen LogP contribution in [0.2, 0.25) is 0 Å². The summed E-state index contributed by atoms with van der Waals surface area (Å²) in [6.07, 6.45) is 0.750. The van der Waals surface area contributed by atoms with Gasteiger partial charge in [-0.1, -0.05) is 0 Å². The monoisotopic (exact) mass is 75.0 g/mol. The number of hydrogen-bond donors (Lipinski definition) is 1. The summed E-state index contributed by atoms with van der Waals surface area (Å²) in [6.45, 7) is 0. The summed E-state index contributed by atoms with van der Waals surface area (Å²) in [7, 11) is 0. The Balaban J connectivity index is 0. The Morgan fingerprint density at radius 2 is 1.75 bits per heavy atom. The summed E-state index contributed by atoms with van der Waals surface area (Å²) in [5.74, 6) is 0. The van der Waals surface area contributed by atoms with E-state index in [9.17, 15) is 0 Å². The van der Waals surface area contributed by atoms with Crippen molar-refractivity contribution >= 4 is 11.0 Å². The van der Waals surface area contributed by atoms with Crippen LogP contribution >= 0.6 is 0 Å². The van der Waals surface area contributed by atoms with Crippen LogP contribution < -0.4 is 0 Å². The average molecular weight is 75.1 g/mol. The zero-order valence-electron chi connectivity index (χ0n) is 1.39. The highest BCUT2D eigenvalue weighted by Gasteiger charge is 1.16. The van der Waals surface area contributed by atoms with Crippen molar-refractivity contribution < 1.29 is 5.11 Å². The molecule has 1 N–H and O–H groups in total. The van der Waals surface area contributed by atoms with Crippen LogP contribution in [0.25, 0.3) is 0 Å². The maximum atomic E-state index is 6.88. The largest absolute Gasteiger partial charge is 0.443 e. The van der Waals surface area contributed by atoms with Gasteiger partial charge in [0.1, 0.15) is 0 Å². The molecule has 0 unspecified atom stereocenters. The van der Waals surface area contributed by atoms with Crippen molar-refractivity contribution in [3.63, 3.8) is 0 Å². The summed E-state index contributed by atoms with van der Waals surface area (Å²) in [4.78, 5) is 0. The van der Waals surface area contributed by atoms with E-state index >= 15 is 0 Å². The average Bonchev–Trinajstić information content (AvgIpc) is 0.918. The number of aliphatic hydroxyl groups is 1. The van der Waals surface area contributed by atoms with Gasteiger partial charge in [0.2, 0.25) is 0 Å².